The molecule has 0 aliphatic rings. The molecule has 0 saturated heterocycles. The van der Waals surface area contributed by atoms with Gasteiger partial charge in [-0.05, 0) is 36.4 Å². The minimum absolute atomic E-state index is 0.0181. The van der Waals surface area contributed by atoms with Gasteiger partial charge in [0, 0.05) is 41.3 Å². The third-order valence-electron chi connectivity index (χ3n) is 4.66. The highest BCUT2D eigenvalue weighted by molar-refractivity contribution is 6.30. The van der Waals surface area contributed by atoms with Crippen molar-refractivity contribution in [2.24, 2.45) is 0 Å². The summed E-state index contributed by atoms with van der Waals surface area (Å²) in [4.78, 5) is 12.6. The molecule has 8 nitrogen and oxygen atoms in total. The zero-order chi connectivity index (χ0) is 24.9. The van der Waals surface area contributed by atoms with Crippen molar-refractivity contribution in [3.8, 4) is 17.3 Å². The number of nitrogens with zero attached hydrogens (tertiary/aromatic N) is 4. The lowest BCUT2D eigenvalue weighted by molar-refractivity contribution is -0.0544. The molecule has 178 valence electrons. The van der Waals surface area contributed by atoms with Crippen LogP contribution in [-0.4, -0.2) is 32.4 Å². The number of allylic oxidation sites excluding steroid dienone is 1. The molecular formula is C23H16ClF3N6O2. The third-order valence-corrected chi connectivity index (χ3v) is 4.89. The van der Waals surface area contributed by atoms with E-state index in [1.807, 2.05) is 0 Å². The summed E-state index contributed by atoms with van der Waals surface area (Å²) in [5.41, 5.74) is 0.337. The van der Waals surface area contributed by atoms with Crippen LogP contribution in [0.5, 0.6) is 5.88 Å². The second-order valence-corrected chi connectivity index (χ2v) is 7.39. The summed E-state index contributed by atoms with van der Waals surface area (Å²) in [7, 11) is 0. The van der Waals surface area contributed by atoms with Gasteiger partial charge in [0.2, 0.25) is 11.3 Å². The Morgan fingerprint density at radius 3 is 2.71 bits per heavy atom. The van der Waals surface area contributed by atoms with E-state index in [2.05, 4.69) is 20.3 Å². The van der Waals surface area contributed by atoms with Crippen LogP contribution in [0.1, 0.15) is 5.69 Å². The van der Waals surface area contributed by atoms with Crippen LogP contribution in [0.25, 0.3) is 17.1 Å². The Balaban J connectivity index is 1.70. The quantitative estimate of drug-likeness (QED) is 0.335. The first-order valence-corrected chi connectivity index (χ1v) is 10.4. The molecule has 4 aromatic rings. The first kappa shape index (κ1) is 23.8. The van der Waals surface area contributed by atoms with Crippen LogP contribution >= 0.6 is 11.6 Å². The number of alkyl halides is 2. The Kier molecular flexibility index (Phi) is 6.97. The van der Waals surface area contributed by atoms with E-state index in [9.17, 15) is 13.6 Å². The SMILES string of the molecule is N=C/C=C(\Nc1cccc(Cl)c1)c1nn(-c2ccc(-n3nccc3OC(F)F)cc2F)ccc1=O. The van der Waals surface area contributed by atoms with Crippen molar-refractivity contribution in [1.82, 2.24) is 19.6 Å². The van der Waals surface area contributed by atoms with E-state index in [0.29, 0.717) is 10.7 Å². The molecule has 0 spiro atoms. The largest absolute Gasteiger partial charge is 0.417 e. The Labute approximate surface area is 201 Å². The monoisotopic (exact) mass is 500 g/mol. The van der Waals surface area contributed by atoms with Crippen molar-refractivity contribution in [2.75, 3.05) is 5.32 Å². The van der Waals surface area contributed by atoms with E-state index in [0.717, 1.165) is 21.6 Å². The lowest BCUT2D eigenvalue weighted by atomic mass is 10.2. The Hall–Kier alpha value is -4.38. The molecule has 0 atom stereocenters. The summed E-state index contributed by atoms with van der Waals surface area (Å²) in [6.45, 7) is -3.07. The topological polar surface area (TPSA) is 97.8 Å². The van der Waals surface area contributed by atoms with Gasteiger partial charge in [0.15, 0.2) is 11.5 Å². The molecule has 4 rings (SSSR count). The number of rotatable bonds is 8. The number of aromatic nitrogens is 4. The van der Waals surface area contributed by atoms with E-state index in [1.54, 1.807) is 24.3 Å². The van der Waals surface area contributed by atoms with Gasteiger partial charge in [-0.1, -0.05) is 17.7 Å². The van der Waals surface area contributed by atoms with E-state index in [1.165, 1.54) is 42.7 Å². The third kappa shape index (κ3) is 5.41. The van der Waals surface area contributed by atoms with Gasteiger partial charge in [-0.3, -0.25) is 4.79 Å². The smallest absolute Gasteiger partial charge is 0.388 e. The average Bonchev–Trinajstić information content (AvgIpc) is 3.27. The predicted octanol–water partition coefficient (Wildman–Crippen LogP) is 4.91. The second kappa shape index (κ2) is 10.3. The van der Waals surface area contributed by atoms with Crippen LogP contribution in [0, 0.1) is 11.2 Å². The lowest BCUT2D eigenvalue weighted by Gasteiger charge is -2.14. The first-order valence-electron chi connectivity index (χ1n) is 9.98. The van der Waals surface area contributed by atoms with Gasteiger partial charge < -0.3 is 15.5 Å². The summed E-state index contributed by atoms with van der Waals surface area (Å²) in [5.74, 6) is -1.02. The van der Waals surface area contributed by atoms with Gasteiger partial charge in [-0.2, -0.15) is 19.0 Å². The van der Waals surface area contributed by atoms with Crippen LogP contribution < -0.4 is 15.5 Å². The van der Waals surface area contributed by atoms with E-state index >= 15 is 4.39 Å². The number of benzene rings is 2. The molecule has 35 heavy (non-hydrogen) atoms. The fraction of sp³-hybridized carbons (Fsp3) is 0.0435. The molecule has 2 heterocycles. The molecule has 2 aromatic heterocycles. The minimum Gasteiger partial charge on any atom is -0.417 e. The molecule has 12 heteroatoms. The van der Waals surface area contributed by atoms with E-state index in [-0.39, 0.29) is 28.6 Å². The zero-order valence-corrected chi connectivity index (χ0v) is 18.5. The minimum atomic E-state index is -3.07. The van der Waals surface area contributed by atoms with Crippen molar-refractivity contribution < 1.29 is 17.9 Å². The van der Waals surface area contributed by atoms with E-state index in [4.69, 9.17) is 17.0 Å². The van der Waals surface area contributed by atoms with Gasteiger partial charge in [0.1, 0.15) is 5.69 Å². The van der Waals surface area contributed by atoms with Crippen molar-refractivity contribution in [3.05, 3.63) is 99.8 Å². The fourth-order valence-electron chi connectivity index (χ4n) is 3.19. The van der Waals surface area contributed by atoms with Gasteiger partial charge in [-0.15, -0.1) is 0 Å². The second-order valence-electron chi connectivity index (χ2n) is 6.95. The van der Waals surface area contributed by atoms with Crippen LogP contribution in [0.4, 0.5) is 18.9 Å². The fourth-order valence-corrected chi connectivity index (χ4v) is 3.38. The van der Waals surface area contributed by atoms with Gasteiger partial charge in [-0.25, -0.2) is 13.8 Å². The normalized spacial score (nSPS) is 11.5. The Morgan fingerprint density at radius 2 is 2.00 bits per heavy atom. The number of hydrogen-bond acceptors (Lipinski definition) is 6. The van der Waals surface area contributed by atoms with Crippen LogP contribution in [-0.2, 0) is 0 Å². The summed E-state index contributed by atoms with van der Waals surface area (Å²) in [6.07, 6.45) is 4.83. The van der Waals surface area contributed by atoms with Crippen molar-refractivity contribution in [1.29, 1.82) is 5.41 Å². The zero-order valence-electron chi connectivity index (χ0n) is 17.7. The van der Waals surface area contributed by atoms with Crippen molar-refractivity contribution >= 4 is 29.2 Å². The van der Waals surface area contributed by atoms with Gasteiger partial charge in [0.25, 0.3) is 0 Å². The van der Waals surface area contributed by atoms with Crippen molar-refractivity contribution in [3.63, 3.8) is 0 Å². The number of hydrogen-bond donors (Lipinski definition) is 2. The molecular weight excluding hydrogens is 485 g/mol. The number of nitrogens with one attached hydrogen (secondary N) is 2. The molecule has 0 amide bonds. The molecule has 0 bridgehead atoms. The molecule has 0 radical (unpaired) electrons. The molecule has 0 fully saturated rings. The summed E-state index contributed by atoms with van der Waals surface area (Å²) in [5, 5.41) is 19.0. The predicted molar refractivity (Wildman–Crippen MR) is 125 cm³/mol. The molecule has 0 aliphatic carbocycles. The Bertz CT molecular complexity index is 1470. The first-order chi connectivity index (χ1) is 16.9. The Morgan fingerprint density at radius 1 is 1.17 bits per heavy atom. The molecule has 0 saturated carbocycles. The maximum Gasteiger partial charge on any atom is 0.388 e. The van der Waals surface area contributed by atoms with E-state index < -0.39 is 17.9 Å². The molecule has 2 aromatic carbocycles. The van der Waals surface area contributed by atoms with Crippen LogP contribution in [0.15, 0.2) is 77.9 Å². The van der Waals surface area contributed by atoms with Crippen molar-refractivity contribution in [2.45, 2.75) is 6.61 Å². The maximum absolute atomic E-state index is 15.0. The van der Waals surface area contributed by atoms with Crippen LogP contribution in [0.2, 0.25) is 5.02 Å². The maximum atomic E-state index is 15.0. The summed E-state index contributed by atoms with van der Waals surface area (Å²) in [6, 6.07) is 13.0. The highest BCUT2D eigenvalue weighted by atomic mass is 35.5. The number of anilines is 1. The van der Waals surface area contributed by atoms with Crippen LogP contribution in [0.3, 0.4) is 0 Å². The number of ether oxygens (including phenoxy) is 1. The average molecular weight is 501 g/mol. The lowest BCUT2D eigenvalue weighted by Crippen LogP contribution is -2.19. The highest BCUT2D eigenvalue weighted by Crippen LogP contribution is 2.23. The van der Waals surface area contributed by atoms with Gasteiger partial charge in [0.05, 0.1) is 17.6 Å². The molecule has 0 unspecified atom stereocenters. The van der Waals surface area contributed by atoms with Gasteiger partial charge >= 0.3 is 6.61 Å². The highest BCUT2D eigenvalue weighted by Gasteiger charge is 2.15. The number of halogens is 4. The molecule has 0 aliphatic heterocycles. The summed E-state index contributed by atoms with van der Waals surface area (Å²) >= 11 is 6.01. The standard InChI is InChI=1S/C23H16ClF3N6O2/c24-14-2-1-3-15(12-14)30-18(6-9-28)22-20(34)8-11-32(31-22)19-5-4-16(13-17(19)25)33-21(7-10-29-33)35-23(26)27/h1-13,23,28,30H/b18-6-,28-9?. The summed E-state index contributed by atoms with van der Waals surface area (Å²) < 4.78 is 46.8. The molecule has 2 N–H and O–H groups in total.